The lowest BCUT2D eigenvalue weighted by molar-refractivity contribution is 0.0634. The number of aromatic nitrogens is 2. The van der Waals surface area contributed by atoms with Gasteiger partial charge in [-0.05, 0) is 50.8 Å². The molecule has 140 valence electrons. The maximum absolute atomic E-state index is 13.0. The summed E-state index contributed by atoms with van der Waals surface area (Å²) in [5, 5.41) is 0.713. The SMILES string of the molecule is CN(CC1CCN(C2CCC2)CC1)C(=O)c1cn(C)c(=O)c2[nH]ccc12. The van der Waals surface area contributed by atoms with Crippen LogP contribution >= 0.6 is 0 Å². The molecule has 4 rings (SSSR count). The zero-order chi connectivity index (χ0) is 18.3. The van der Waals surface area contributed by atoms with Crippen LogP contribution in [-0.2, 0) is 7.05 Å². The van der Waals surface area contributed by atoms with Crippen molar-refractivity contribution >= 4 is 16.8 Å². The molecule has 3 heterocycles. The number of pyridine rings is 1. The summed E-state index contributed by atoms with van der Waals surface area (Å²) in [6.07, 6.45) is 9.83. The van der Waals surface area contributed by atoms with Gasteiger partial charge in [0, 0.05) is 44.5 Å². The van der Waals surface area contributed by atoms with Crippen molar-refractivity contribution in [3.05, 3.63) is 34.4 Å². The number of likely N-dealkylation sites (tertiary alicyclic amines) is 1. The largest absolute Gasteiger partial charge is 0.357 e. The van der Waals surface area contributed by atoms with Gasteiger partial charge in [-0.15, -0.1) is 0 Å². The van der Waals surface area contributed by atoms with E-state index in [0.717, 1.165) is 12.6 Å². The van der Waals surface area contributed by atoms with E-state index in [9.17, 15) is 9.59 Å². The number of hydrogen-bond donors (Lipinski definition) is 1. The van der Waals surface area contributed by atoms with Gasteiger partial charge in [0.15, 0.2) is 0 Å². The van der Waals surface area contributed by atoms with E-state index in [-0.39, 0.29) is 11.5 Å². The van der Waals surface area contributed by atoms with Crippen LogP contribution in [-0.4, -0.2) is 58.0 Å². The van der Waals surface area contributed by atoms with Gasteiger partial charge in [0.2, 0.25) is 0 Å². The van der Waals surface area contributed by atoms with Crippen LogP contribution in [0.5, 0.6) is 0 Å². The Morgan fingerprint density at radius 2 is 2.00 bits per heavy atom. The highest BCUT2D eigenvalue weighted by atomic mass is 16.2. The fourth-order valence-electron chi connectivity index (χ4n) is 4.37. The molecule has 2 aliphatic rings. The fourth-order valence-corrected chi connectivity index (χ4v) is 4.37. The number of hydrogen-bond acceptors (Lipinski definition) is 3. The molecule has 0 aromatic carbocycles. The van der Waals surface area contributed by atoms with Crippen LogP contribution in [0.15, 0.2) is 23.3 Å². The number of carbonyl (C=O) groups is 1. The molecule has 6 heteroatoms. The Bertz CT molecular complexity index is 856. The quantitative estimate of drug-likeness (QED) is 0.914. The van der Waals surface area contributed by atoms with Crippen molar-refractivity contribution in [3.63, 3.8) is 0 Å². The summed E-state index contributed by atoms with van der Waals surface area (Å²) in [4.78, 5) is 32.6. The van der Waals surface area contributed by atoms with Gasteiger partial charge in [0.25, 0.3) is 11.5 Å². The number of aromatic amines is 1. The summed E-state index contributed by atoms with van der Waals surface area (Å²) < 4.78 is 1.48. The molecule has 6 nitrogen and oxygen atoms in total. The van der Waals surface area contributed by atoms with Gasteiger partial charge in [-0.3, -0.25) is 9.59 Å². The molecule has 26 heavy (non-hydrogen) atoms. The molecule has 2 fully saturated rings. The van der Waals surface area contributed by atoms with E-state index in [1.807, 2.05) is 18.0 Å². The van der Waals surface area contributed by atoms with E-state index in [4.69, 9.17) is 0 Å². The second-order valence-corrected chi connectivity index (χ2v) is 7.97. The number of aryl methyl sites for hydroxylation is 1. The molecule has 0 atom stereocenters. The van der Waals surface area contributed by atoms with E-state index in [0.29, 0.717) is 22.4 Å². The highest BCUT2D eigenvalue weighted by Crippen LogP contribution is 2.29. The minimum atomic E-state index is -0.104. The van der Waals surface area contributed by atoms with Crippen molar-refractivity contribution in [2.24, 2.45) is 13.0 Å². The second kappa shape index (κ2) is 6.91. The van der Waals surface area contributed by atoms with Gasteiger partial charge in [-0.2, -0.15) is 0 Å². The molecule has 1 amide bonds. The molecule has 1 aliphatic carbocycles. The summed E-state index contributed by atoms with van der Waals surface area (Å²) in [7, 11) is 3.57. The standard InChI is InChI=1S/C20H28N4O2/c1-22(12-14-7-10-24(11-8-14)15-4-3-5-15)19(25)17-13-23(2)20(26)18-16(17)6-9-21-18/h6,9,13-15,21H,3-5,7-8,10-12H2,1-2H3. The molecule has 0 radical (unpaired) electrons. The maximum Gasteiger partial charge on any atom is 0.274 e. The van der Waals surface area contributed by atoms with Crippen molar-refractivity contribution in [3.8, 4) is 0 Å². The summed E-state index contributed by atoms with van der Waals surface area (Å²) in [5.41, 5.74) is 0.992. The van der Waals surface area contributed by atoms with Crippen LogP contribution in [0.3, 0.4) is 0 Å². The van der Waals surface area contributed by atoms with Crippen molar-refractivity contribution in [2.75, 3.05) is 26.7 Å². The molecule has 1 saturated heterocycles. The van der Waals surface area contributed by atoms with Crippen LogP contribution in [0.2, 0.25) is 0 Å². The molecule has 0 spiro atoms. The first-order chi connectivity index (χ1) is 12.5. The van der Waals surface area contributed by atoms with Crippen molar-refractivity contribution in [2.45, 2.75) is 38.1 Å². The highest BCUT2D eigenvalue weighted by molar-refractivity contribution is 6.05. The van der Waals surface area contributed by atoms with Crippen molar-refractivity contribution < 1.29 is 4.79 Å². The zero-order valence-corrected chi connectivity index (χ0v) is 15.7. The minimum Gasteiger partial charge on any atom is -0.357 e. The van der Waals surface area contributed by atoms with E-state index in [1.165, 1.54) is 49.8 Å². The van der Waals surface area contributed by atoms with Gasteiger partial charge in [0.1, 0.15) is 5.52 Å². The number of piperidine rings is 1. The third-order valence-electron chi connectivity index (χ3n) is 6.24. The lowest BCUT2D eigenvalue weighted by Gasteiger charge is -2.42. The molecule has 1 aliphatic heterocycles. The first-order valence-electron chi connectivity index (χ1n) is 9.71. The predicted octanol–water partition coefficient (Wildman–Crippen LogP) is 2.20. The number of nitrogens with one attached hydrogen (secondary N) is 1. The summed E-state index contributed by atoms with van der Waals surface area (Å²) >= 11 is 0. The smallest absolute Gasteiger partial charge is 0.274 e. The predicted molar refractivity (Wildman–Crippen MR) is 102 cm³/mol. The minimum absolute atomic E-state index is 0.00776. The number of carbonyl (C=O) groups excluding carboxylic acids is 1. The summed E-state index contributed by atoms with van der Waals surface area (Å²) in [6.45, 7) is 3.12. The Balaban J connectivity index is 1.43. The Morgan fingerprint density at radius 3 is 2.65 bits per heavy atom. The van der Waals surface area contributed by atoms with Gasteiger partial charge in [-0.1, -0.05) is 6.42 Å². The third-order valence-corrected chi connectivity index (χ3v) is 6.24. The van der Waals surface area contributed by atoms with E-state index in [2.05, 4.69) is 9.88 Å². The molecule has 0 unspecified atom stereocenters. The van der Waals surface area contributed by atoms with E-state index in [1.54, 1.807) is 19.4 Å². The lowest BCUT2D eigenvalue weighted by Crippen LogP contribution is -2.46. The highest BCUT2D eigenvalue weighted by Gasteiger charge is 2.29. The first-order valence-corrected chi connectivity index (χ1v) is 9.71. The normalized spacial score (nSPS) is 19.6. The molecular formula is C20H28N4O2. The monoisotopic (exact) mass is 356 g/mol. The van der Waals surface area contributed by atoms with Gasteiger partial charge in [0.05, 0.1) is 5.56 Å². The van der Waals surface area contributed by atoms with Crippen LogP contribution in [0.1, 0.15) is 42.5 Å². The average molecular weight is 356 g/mol. The van der Waals surface area contributed by atoms with E-state index < -0.39 is 0 Å². The number of rotatable bonds is 4. The lowest BCUT2D eigenvalue weighted by atomic mass is 9.87. The van der Waals surface area contributed by atoms with Gasteiger partial charge >= 0.3 is 0 Å². The molecule has 2 aromatic rings. The first kappa shape index (κ1) is 17.3. The number of fused-ring (bicyclic) bond motifs is 1. The van der Waals surface area contributed by atoms with Crippen LogP contribution in [0.4, 0.5) is 0 Å². The number of nitrogens with zero attached hydrogens (tertiary/aromatic N) is 3. The zero-order valence-electron chi connectivity index (χ0n) is 15.7. The Kier molecular flexibility index (Phi) is 4.61. The summed E-state index contributed by atoms with van der Waals surface area (Å²) in [5.74, 6) is 0.557. The summed E-state index contributed by atoms with van der Waals surface area (Å²) in [6, 6.07) is 2.64. The molecule has 1 N–H and O–H groups in total. The van der Waals surface area contributed by atoms with Crippen LogP contribution in [0.25, 0.3) is 10.9 Å². The average Bonchev–Trinajstić information content (AvgIpc) is 3.07. The Morgan fingerprint density at radius 1 is 1.27 bits per heavy atom. The molecular weight excluding hydrogens is 328 g/mol. The van der Waals surface area contributed by atoms with Gasteiger partial charge in [-0.25, -0.2) is 0 Å². The molecule has 2 aromatic heterocycles. The number of H-pyrrole nitrogens is 1. The third kappa shape index (κ3) is 3.07. The maximum atomic E-state index is 13.0. The van der Waals surface area contributed by atoms with Crippen LogP contribution in [0, 0.1) is 5.92 Å². The fraction of sp³-hybridized carbons (Fsp3) is 0.600. The molecule has 0 bridgehead atoms. The Hall–Kier alpha value is -2.08. The van der Waals surface area contributed by atoms with Gasteiger partial charge < -0.3 is 19.4 Å². The van der Waals surface area contributed by atoms with Crippen molar-refractivity contribution in [1.29, 1.82) is 0 Å². The van der Waals surface area contributed by atoms with Crippen LogP contribution < -0.4 is 5.56 Å². The number of amides is 1. The Labute approximate surface area is 153 Å². The van der Waals surface area contributed by atoms with Crippen molar-refractivity contribution in [1.82, 2.24) is 19.4 Å². The van der Waals surface area contributed by atoms with E-state index >= 15 is 0 Å². The molecule has 1 saturated carbocycles. The topological polar surface area (TPSA) is 61.3 Å². The second-order valence-electron chi connectivity index (χ2n) is 7.97.